The maximum absolute atomic E-state index is 11.9. The molecule has 1 aliphatic rings. The van der Waals surface area contributed by atoms with E-state index >= 15 is 0 Å². The van der Waals surface area contributed by atoms with Gasteiger partial charge in [-0.2, -0.15) is 0 Å². The maximum Gasteiger partial charge on any atom is 0.251 e. The number of anilines is 2. The van der Waals surface area contributed by atoms with Crippen LogP contribution < -0.4 is 11.1 Å². The van der Waals surface area contributed by atoms with Crippen molar-refractivity contribution in [1.82, 2.24) is 4.90 Å². The zero-order valence-corrected chi connectivity index (χ0v) is 10.7. The molecule has 1 aromatic carbocycles. The molecule has 1 atom stereocenters. The van der Waals surface area contributed by atoms with Crippen LogP contribution in [-0.2, 0) is 9.59 Å². The van der Waals surface area contributed by atoms with Crippen LogP contribution in [-0.4, -0.2) is 29.8 Å². The summed E-state index contributed by atoms with van der Waals surface area (Å²) in [5.74, 6) is -0.421. The molecule has 6 heteroatoms. The molecule has 0 radical (unpaired) electrons. The number of carbonyl (C=O) groups excluding carboxylic acids is 2. The minimum atomic E-state index is -0.463. The Morgan fingerprint density at radius 3 is 2.83 bits per heavy atom. The van der Waals surface area contributed by atoms with Crippen LogP contribution in [0, 0.1) is 0 Å². The molecule has 96 valence electrons. The Morgan fingerprint density at radius 2 is 2.17 bits per heavy atom. The van der Waals surface area contributed by atoms with Crippen molar-refractivity contribution in [2.24, 2.45) is 0 Å². The number of rotatable bonds is 2. The lowest BCUT2D eigenvalue weighted by atomic mass is 10.0. The molecule has 0 saturated carbocycles. The summed E-state index contributed by atoms with van der Waals surface area (Å²) in [6, 6.07) is 4.68. The molecular formula is C12H14ClN3O2. The van der Waals surface area contributed by atoms with Crippen molar-refractivity contribution in [3.8, 4) is 0 Å². The standard InChI is InChI=1S/C12H14ClN3O2/c1-16-10(17)6-5-9(12(16)18)15-11-7(13)3-2-4-8(11)14/h2-4,9,15H,5-6,14H2,1H3. The van der Waals surface area contributed by atoms with E-state index in [0.717, 1.165) is 4.90 Å². The first-order chi connectivity index (χ1) is 8.50. The Bertz CT molecular complexity index is 484. The van der Waals surface area contributed by atoms with E-state index in [1.807, 2.05) is 0 Å². The van der Waals surface area contributed by atoms with Gasteiger partial charge in [0.25, 0.3) is 5.91 Å². The van der Waals surface area contributed by atoms with Gasteiger partial charge in [-0.15, -0.1) is 0 Å². The highest BCUT2D eigenvalue weighted by Crippen LogP contribution is 2.29. The number of nitrogens with one attached hydrogen (secondary N) is 1. The van der Waals surface area contributed by atoms with Crippen molar-refractivity contribution in [3.63, 3.8) is 0 Å². The first kappa shape index (κ1) is 12.7. The second-order valence-corrected chi connectivity index (χ2v) is 4.64. The number of nitrogen functional groups attached to an aromatic ring is 1. The lowest BCUT2D eigenvalue weighted by Crippen LogP contribution is -2.48. The third-order valence-electron chi connectivity index (χ3n) is 3.01. The number of carbonyl (C=O) groups is 2. The molecule has 0 aromatic heterocycles. The fourth-order valence-electron chi connectivity index (χ4n) is 1.92. The topological polar surface area (TPSA) is 75.4 Å². The summed E-state index contributed by atoms with van der Waals surface area (Å²) in [6.45, 7) is 0. The van der Waals surface area contributed by atoms with Crippen molar-refractivity contribution in [1.29, 1.82) is 0 Å². The Hall–Kier alpha value is -1.75. The number of imide groups is 1. The van der Waals surface area contributed by atoms with Crippen LogP contribution in [0.15, 0.2) is 18.2 Å². The predicted octanol–water partition coefficient (Wildman–Crippen LogP) is 1.48. The van der Waals surface area contributed by atoms with Crippen molar-refractivity contribution in [2.45, 2.75) is 18.9 Å². The normalized spacial score (nSPS) is 20.1. The minimum absolute atomic E-state index is 0.162. The van der Waals surface area contributed by atoms with E-state index in [1.54, 1.807) is 18.2 Å². The van der Waals surface area contributed by atoms with E-state index in [1.165, 1.54) is 7.05 Å². The molecule has 1 saturated heterocycles. The number of nitrogens with two attached hydrogens (primary N) is 1. The van der Waals surface area contributed by atoms with Gasteiger partial charge in [0.15, 0.2) is 0 Å². The number of nitrogens with zero attached hydrogens (tertiary/aromatic N) is 1. The van der Waals surface area contributed by atoms with Crippen LogP contribution in [0.25, 0.3) is 0 Å². The van der Waals surface area contributed by atoms with E-state index in [4.69, 9.17) is 17.3 Å². The molecule has 1 aliphatic heterocycles. The molecule has 2 amide bonds. The van der Waals surface area contributed by atoms with Gasteiger partial charge >= 0.3 is 0 Å². The number of para-hydroxylation sites is 1. The molecule has 1 aromatic rings. The number of amides is 2. The zero-order valence-electron chi connectivity index (χ0n) is 9.94. The number of piperidine rings is 1. The summed E-state index contributed by atoms with van der Waals surface area (Å²) in [6.07, 6.45) is 0.789. The van der Waals surface area contributed by atoms with Gasteiger partial charge in [0.2, 0.25) is 5.91 Å². The number of likely N-dealkylation sites (tertiary alicyclic amines) is 1. The molecule has 0 spiro atoms. The van der Waals surface area contributed by atoms with Gasteiger partial charge in [-0.05, 0) is 18.6 Å². The quantitative estimate of drug-likeness (QED) is 0.629. The van der Waals surface area contributed by atoms with Gasteiger partial charge < -0.3 is 11.1 Å². The van der Waals surface area contributed by atoms with Gasteiger partial charge in [-0.3, -0.25) is 14.5 Å². The van der Waals surface area contributed by atoms with Gasteiger partial charge in [0, 0.05) is 13.5 Å². The summed E-state index contributed by atoms with van der Waals surface area (Å²) < 4.78 is 0. The van der Waals surface area contributed by atoms with Crippen LogP contribution >= 0.6 is 11.6 Å². The van der Waals surface area contributed by atoms with E-state index in [0.29, 0.717) is 29.2 Å². The molecule has 3 N–H and O–H groups in total. The number of hydrogen-bond donors (Lipinski definition) is 2. The second-order valence-electron chi connectivity index (χ2n) is 4.23. The highest BCUT2D eigenvalue weighted by Gasteiger charge is 2.32. The van der Waals surface area contributed by atoms with Crippen LogP contribution in [0.2, 0.25) is 5.02 Å². The minimum Gasteiger partial charge on any atom is -0.397 e. The molecular weight excluding hydrogens is 254 g/mol. The van der Waals surface area contributed by atoms with Crippen LogP contribution in [0.3, 0.4) is 0 Å². The van der Waals surface area contributed by atoms with Gasteiger partial charge in [0.05, 0.1) is 16.4 Å². The number of benzene rings is 1. The fourth-order valence-corrected chi connectivity index (χ4v) is 2.15. The Kier molecular flexibility index (Phi) is 3.43. The zero-order chi connectivity index (χ0) is 13.3. The van der Waals surface area contributed by atoms with Gasteiger partial charge in [-0.25, -0.2) is 0 Å². The van der Waals surface area contributed by atoms with Crippen molar-refractivity contribution in [3.05, 3.63) is 23.2 Å². The average molecular weight is 268 g/mol. The van der Waals surface area contributed by atoms with Crippen LogP contribution in [0.4, 0.5) is 11.4 Å². The molecule has 2 rings (SSSR count). The van der Waals surface area contributed by atoms with Crippen molar-refractivity contribution >= 4 is 34.8 Å². The van der Waals surface area contributed by atoms with E-state index in [2.05, 4.69) is 5.32 Å². The molecule has 0 aliphatic carbocycles. The summed E-state index contributed by atoms with van der Waals surface area (Å²) in [7, 11) is 1.48. The van der Waals surface area contributed by atoms with Crippen LogP contribution in [0.5, 0.6) is 0 Å². The molecule has 1 heterocycles. The largest absolute Gasteiger partial charge is 0.397 e. The third kappa shape index (κ3) is 2.26. The van der Waals surface area contributed by atoms with E-state index in [-0.39, 0.29) is 11.8 Å². The smallest absolute Gasteiger partial charge is 0.251 e. The summed E-state index contributed by atoms with van der Waals surface area (Å²) >= 11 is 6.03. The third-order valence-corrected chi connectivity index (χ3v) is 3.33. The second kappa shape index (κ2) is 4.86. The summed E-state index contributed by atoms with van der Waals surface area (Å²) in [5.41, 5.74) is 6.83. The van der Waals surface area contributed by atoms with Gasteiger partial charge in [-0.1, -0.05) is 17.7 Å². The first-order valence-corrected chi connectivity index (χ1v) is 5.99. The maximum atomic E-state index is 11.9. The molecule has 1 unspecified atom stereocenters. The number of likely N-dealkylation sites (N-methyl/N-ethyl adjacent to an activating group) is 1. The lowest BCUT2D eigenvalue weighted by Gasteiger charge is -2.29. The van der Waals surface area contributed by atoms with E-state index < -0.39 is 6.04 Å². The molecule has 0 bridgehead atoms. The Balaban J connectivity index is 2.19. The first-order valence-electron chi connectivity index (χ1n) is 5.61. The highest BCUT2D eigenvalue weighted by molar-refractivity contribution is 6.34. The predicted molar refractivity (Wildman–Crippen MR) is 70.3 cm³/mol. The van der Waals surface area contributed by atoms with Crippen molar-refractivity contribution < 1.29 is 9.59 Å². The Morgan fingerprint density at radius 1 is 1.44 bits per heavy atom. The lowest BCUT2D eigenvalue weighted by molar-refractivity contribution is -0.146. The van der Waals surface area contributed by atoms with Gasteiger partial charge in [0.1, 0.15) is 6.04 Å². The number of hydrogen-bond acceptors (Lipinski definition) is 4. The SMILES string of the molecule is CN1C(=O)CCC(Nc2c(N)cccc2Cl)C1=O. The monoisotopic (exact) mass is 267 g/mol. The Labute approximate surface area is 110 Å². The molecule has 5 nitrogen and oxygen atoms in total. The molecule has 1 fully saturated rings. The highest BCUT2D eigenvalue weighted by atomic mass is 35.5. The number of halogens is 1. The summed E-state index contributed by atoms with van der Waals surface area (Å²) in [5, 5.41) is 3.48. The summed E-state index contributed by atoms with van der Waals surface area (Å²) in [4.78, 5) is 24.4. The average Bonchev–Trinajstić information content (AvgIpc) is 2.34. The van der Waals surface area contributed by atoms with E-state index in [9.17, 15) is 9.59 Å². The molecule has 18 heavy (non-hydrogen) atoms. The fraction of sp³-hybridized carbons (Fsp3) is 0.333. The van der Waals surface area contributed by atoms with Crippen LogP contribution in [0.1, 0.15) is 12.8 Å². The van der Waals surface area contributed by atoms with Crippen molar-refractivity contribution in [2.75, 3.05) is 18.1 Å².